The molecule has 0 unspecified atom stereocenters. The molecule has 0 bridgehead atoms. The summed E-state index contributed by atoms with van der Waals surface area (Å²) in [5.74, 6) is 0.0891. The van der Waals surface area contributed by atoms with E-state index in [0.717, 1.165) is 30.5 Å². The van der Waals surface area contributed by atoms with Crippen molar-refractivity contribution in [3.63, 3.8) is 0 Å². The maximum Gasteiger partial charge on any atom is 0.256 e. The van der Waals surface area contributed by atoms with Crippen molar-refractivity contribution in [2.75, 3.05) is 62.7 Å². The number of benzene rings is 2. The van der Waals surface area contributed by atoms with Crippen molar-refractivity contribution < 1.29 is 19.1 Å². The summed E-state index contributed by atoms with van der Waals surface area (Å²) in [7, 11) is 0. The molecule has 8 nitrogen and oxygen atoms in total. The lowest BCUT2D eigenvalue weighted by molar-refractivity contribution is -0.133. The fourth-order valence-corrected chi connectivity index (χ4v) is 5.21. The Labute approximate surface area is 218 Å². The largest absolute Gasteiger partial charge is 0.378 e. The van der Waals surface area contributed by atoms with E-state index in [1.165, 1.54) is 0 Å². The maximum absolute atomic E-state index is 13.6. The predicted molar refractivity (Wildman–Crippen MR) is 143 cm³/mol. The minimum Gasteiger partial charge on any atom is -0.378 e. The summed E-state index contributed by atoms with van der Waals surface area (Å²) in [5.41, 5.74) is 3.15. The summed E-state index contributed by atoms with van der Waals surface area (Å²) >= 11 is 0. The summed E-state index contributed by atoms with van der Waals surface area (Å²) in [4.78, 5) is 45.2. The van der Waals surface area contributed by atoms with Crippen LogP contribution in [-0.2, 0) is 14.3 Å². The van der Waals surface area contributed by atoms with Gasteiger partial charge in [-0.25, -0.2) is 0 Å². The molecule has 8 heteroatoms. The van der Waals surface area contributed by atoms with Crippen LogP contribution >= 0.6 is 0 Å². The molecule has 2 aromatic carbocycles. The monoisotopic (exact) mass is 504 g/mol. The Bertz CT molecular complexity index is 1120. The van der Waals surface area contributed by atoms with Crippen LogP contribution in [0.25, 0.3) is 0 Å². The van der Waals surface area contributed by atoms with Gasteiger partial charge in [-0.05, 0) is 43.0 Å². The number of morpholine rings is 1. The van der Waals surface area contributed by atoms with E-state index in [2.05, 4.69) is 17.1 Å². The Morgan fingerprint density at radius 2 is 1.62 bits per heavy atom. The van der Waals surface area contributed by atoms with E-state index in [4.69, 9.17) is 4.74 Å². The molecular formula is C29H36N4O4. The quantitative estimate of drug-likeness (QED) is 0.626. The van der Waals surface area contributed by atoms with Gasteiger partial charge in [-0.15, -0.1) is 0 Å². The Hall–Kier alpha value is -3.39. The summed E-state index contributed by atoms with van der Waals surface area (Å²) in [6.07, 6.45) is 2.61. The molecule has 2 heterocycles. The van der Waals surface area contributed by atoms with Gasteiger partial charge in [-0.3, -0.25) is 14.4 Å². The average molecular weight is 505 g/mol. The molecule has 1 atom stereocenters. The number of rotatable bonds is 7. The van der Waals surface area contributed by atoms with Crippen LogP contribution in [0, 0.1) is 5.92 Å². The van der Waals surface area contributed by atoms with Gasteiger partial charge in [0.05, 0.1) is 24.7 Å². The lowest BCUT2D eigenvalue weighted by atomic mass is 9.94. The molecule has 196 valence electrons. The van der Waals surface area contributed by atoms with Crippen molar-refractivity contribution in [2.24, 2.45) is 5.92 Å². The first-order valence-electron chi connectivity index (χ1n) is 13.5. The first-order chi connectivity index (χ1) is 18.0. The van der Waals surface area contributed by atoms with Crippen molar-refractivity contribution in [2.45, 2.75) is 32.1 Å². The highest BCUT2D eigenvalue weighted by atomic mass is 16.5. The zero-order valence-corrected chi connectivity index (χ0v) is 21.5. The van der Waals surface area contributed by atoms with Gasteiger partial charge in [0.2, 0.25) is 11.8 Å². The molecule has 0 radical (unpaired) electrons. The third-order valence-electron chi connectivity index (χ3n) is 7.58. The van der Waals surface area contributed by atoms with Crippen LogP contribution in [0.2, 0.25) is 0 Å². The minimum atomic E-state index is -0.138. The van der Waals surface area contributed by atoms with E-state index in [9.17, 15) is 14.4 Å². The molecule has 3 fully saturated rings. The highest BCUT2D eigenvalue weighted by molar-refractivity contribution is 6.02. The minimum absolute atomic E-state index is 0.0218. The molecule has 2 aromatic rings. The van der Waals surface area contributed by atoms with Crippen molar-refractivity contribution in [3.8, 4) is 0 Å². The highest BCUT2D eigenvalue weighted by Crippen LogP contribution is 2.32. The van der Waals surface area contributed by atoms with Crippen LogP contribution in [0.3, 0.4) is 0 Å². The third-order valence-corrected chi connectivity index (χ3v) is 7.58. The molecule has 37 heavy (non-hydrogen) atoms. The lowest BCUT2D eigenvalue weighted by Crippen LogP contribution is -2.50. The SMILES string of the molecule is CC[C@H](C(=O)N1CCN(c2ccc(NC(=O)C3CC3)cc2C(=O)N2CCOCC2)CC1)c1ccccc1. The van der Waals surface area contributed by atoms with Gasteiger partial charge in [-0.1, -0.05) is 37.3 Å². The zero-order chi connectivity index (χ0) is 25.8. The number of ether oxygens (including phenoxy) is 1. The third kappa shape index (κ3) is 5.80. The lowest BCUT2D eigenvalue weighted by Gasteiger charge is -2.38. The van der Waals surface area contributed by atoms with Crippen LogP contribution < -0.4 is 10.2 Å². The number of anilines is 2. The molecule has 3 aliphatic rings. The first-order valence-corrected chi connectivity index (χ1v) is 13.5. The number of nitrogens with zero attached hydrogens (tertiary/aromatic N) is 3. The second-order valence-corrected chi connectivity index (χ2v) is 10.1. The van der Waals surface area contributed by atoms with Gasteiger partial charge in [0, 0.05) is 56.6 Å². The van der Waals surface area contributed by atoms with Crippen LogP contribution in [0.1, 0.15) is 48.0 Å². The van der Waals surface area contributed by atoms with Crippen LogP contribution in [0.4, 0.5) is 11.4 Å². The van der Waals surface area contributed by atoms with Crippen molar-refractivity contribution in [1.82, 2.24) is 9.80 Å². The van der Waals surface area contributed by atoms with Gasteiger partial charge in [0.25, 0.3) is 5.91 Å². The number of carbonyl (C=O) groups excluding carboxylic acids is 3. The van der Waals surface area contributed by atoms with Gasteiger partial charge in [0.1, 0.15) is 0 Å². The van der Waals surface area contributed by atoms with Crippen LogP contribution in [0.5, 0.6) is 0 Å². The molecule has 0 aromatic heterocycles. The molecule has 5 rings (SSSR count). The topological polar surface area (TPSA) is 82.2 Å². The fraction of sp³-hybridized carbons (Fsp3) is 0.483. The second-order valence-electron chi connectivity index (χ2n) is 10.1. The average Bonchev–Trinajstić information content (AvgIpc) is 3.80. The Balaban J connectivity index is 1.32. The smallest absolute Gasteiger partial charge is 0.256 e. The number of amides is 3. The number of carbonyl (C=O) groups is 3. The molecule has 2 saturated heterocycles. The number of piperazine rings is 1. The van der Waals surface area contributed by atoms with Crippen molar-refractivity contribution in [3.05, 3.63) is 59.7 Å². The van der Waals surface area contributed by atoms with E-state index in [1.54, 1.807) is 0 Å². The van der Waals surface area contributed by atoms with E-state index < -0.39 is 0 Å². The second kappa shape index (κ2) is 11.3. The Morgan fingerprint density at radius 1 is 0.919 bits per heavy atom. The number of hydrogen-bond acceptors (Lipinski definition) is 5. The zero-order valence-electron chi connectivity index (χ0n) is 21.5. The van der Waals surface area contributed by atoms with Crippen LogP contribution in [0.15, 0.2) is 48.5 Å². The number of hydrogen-bond donors (Lipinski definition) is 1. The molecule has 1 aliphatic carbocycles. The Kier molecular flexibility index (Phi) is 7.74. The predicted octanol–water partition coefficient (Wildman–Crippen LogP) is 3.35. The number of nitrogens with one attached hydrogen (secondary N) is 1. The molecule has 1 saturated carbocycles. The highest BCUT2D eigenvalue weighted by Gasteiger charge is 2.32. The Morgan fingerprint density at radius 3 is 2.27 bits per heavy atom. The van der Waals surface area contributed by atoms with Gasteiger partial charge in [-0.2, -0.15) is 0 Å². The molecule has 3 amide bonds. The van der Waals surface area contributed by atoms with Gasteiger partial charge >= 0.3 is 0 Å². The molecule has 2 aliphatic heterocycles. The molecule has 0 spiro atoms. The summed E-state index contributed by atoms with van der Waals surface area (Å²) in [5, 5.41) is 2.98. The van der Waals surface area contributed by atoms with E-state index in [-0.39, 0.29) is 29.6 Å². The first kappa shape index (κ1) is 25.3. The van der Waals surface area contributed by atoms with E-state index in [0.29, 0.717) is 63.7 Å². The summed E-state index contributed by atoms with van der Waals surface area (Å²) in [6, 6.07) is 15.6. The van der Waals surface area contributed by atoms with Crippen molar-refractivity contribution in [1.29, 1.82) is 0 Å². The molecular weight excluding hydrogens is 468 g/mol. The summed E-state index contributed by atoms with van der Waals surface area (Å²) in [6.45, 7) is 6.72. The van der Waals surface area contributed by atoms with Gasteiger partial charge in [0.15, 0.2) is 0 Å². The normalized spacial score (nSPS) is 18.9. The summed E-state index contributed by atoms with van der Waals surface area (Å²) < 4.78 is 5.44. The van der Waals surface area contributed by atoms with Crippen molar-refractivity contribution >= 4 is 29.1 Å². The van der Waals surface area contributed by atoms with Crippen LogP contribution in [-0.4, -0.2) is 80.0 Å². The van der Waals surface area contributed by atoms with E-state index in [1.807, 2.05) is 58.3 Å². The maximum atomic E-state index is 13.6. The molecule has 1 N–H and O–H groups in total. The van der Waals surface area contributed by atoms with E-state index >= 15 is 0 Å². The standard InChI is InChI=1S/C29H36N4O4/c1-2-24(21-6-4-3-5-7-21)28(35)32-14-12-31(13-15-32)26-11-10-23(30-27(34)22-8-9-22)20-25(26)29(36)33-16-18-37-19-17-33/h3-7,10-11,20,22,24H,2,8-9,12-19H2,1H3,(H,30,34)/t24-/m0/s1. The fourth-order valence-electron chi connectivity index (χ4n) is 5.21. The van der Waals surface area contributed by atoms with Gasteiger partial charge < -0.3 is 24.8 Å².